The Morgan fingerprint density at radius 2 is 1.65 bits per heavy atom. The molecule has 1 amide bonds. The largest absolute Gasteiger partial charge is 0.412 e. The van der Waals surface area contributed by atoms with Crippen molar-refractivity contribution in [3.8, 4) is 0 Å². The highest BCUT2D eigenvalue weighted by Crippen LogP contribution is 2.05. The van der Waals surface area contributed by atoms with E-state index in [4.69, 9.17) is 4.74 Å². The molecule has 1 aromatic rings. The van der Waals surface area contributed by atoms with Crippen molar-refractivity contribution in [2.45, 2.75) is 0 Å². The molecule has 5 nitrogen and oxygen atoms in total. The van der Waals surface area contributed by atoms with Gasteiger partial charge in [0.05, 0.1) is 13.2 Å². The topological polar surface area (TPSA) is 78.1 Å². The first-order valence-electron chi connectivity index (χ1n) is 5.25. The second kappa shape index (κ2) is 6.12. The van der Waals surface area contributed by atoms with Gasteiger partial charge in [0.25, 0.3) is 5.91 Å². The minimum atomic E-state index is -0.442. The molecule has 1 aromatic carbocycles. The molecule has 0 unspecified atom stereocenters. The van der Waals surface area contributed by atoms with E-state index >= 15 is 0 Å². The number of hydrogen-bond donors (Lipinski definition) is 0. The van der Waals surface area contributed by atoms with Gasteiger partial charge in [-0.25, -0.2) is 0 Å². The van der Waals surface area contributed by atoms with Gasteiger partial charge in [-0.15, -0.1) is 0 Å². The lowest BCUT2D eigenvalue weighted by atomic mass is 10.1. The average molecular weight is 237 g/mol. The Labute approximate surface area is 99.3 Å². The monoisotopic (exact) mass is 237 g/mol. The number of carbonyl (C=O) groups excluding carboxylic acids is 2. The fourth-order valence-corrected chi connectivity index (χ4v) is 1.62. The standard InChI is InChI=1S/C12H13NO3.H2O/c14-11(10-4-2-1-3-5-10)12(15)13-6-8-16-9-7-13;/h1-5H,6-9H2;1H2. The van der Waals surface area contributed by atoms with Crippen LogP contribution in [0.15, 0.2) is 30.3 Å². The number of benzene rings is 1. The normalized spacial score (nSPS) is 14.9. The molecule has 2 N–H and O–H groups in total. The number of carbonyl (C=O) groups is 2. The third-order valence-electron chi connectivity index (χ3n) is 2.53. The molecule has 0 aliphatic carbocycles. The number of hydrogen-bond acceptors (Lipinski definition) is 3. The van der Waals surface area contributed by atoms with E-state index in [-0.39, 0.29) is 5.48 Å². The van der Waals surface area contributed by atoms with Crippen LogP contribution in [0.3, 0.4) is 0 Å². The van der Waals surface area contributed by atoms with Crippen LogP contribution in [0.1, 0.15) is 10.4 Å². The van der Waals surface area contributed by atoms with Gasteiger partial charge in [0.1, 0.15) is 0 Å². The SMILES string of the molecule is O.O=C(C(=O)N1CCOCC1)c1ccccc1. The van der Waals surface area contributed by atoms with Crippen LogP contribution < -0.4 is 0 Å². The summed E-state index contributed by atoms with van der Waals surface area (Å²) in [4.78, 5) is 25.2. The Bertz CT molecular complexity index is 385. The molecule has 0 bridgehead atoms. The van der Waals surface area contributed by atoms with Crippen molar-refractivity contribution in [1.29, 1.82) is 0 Å². The van der Waals surface area contributed by atoms with Crippen LogP contribution in [0.25, 0.3) is 0 Å². The highest BCUT2D eigenvalue weighted by Gasteiger charge is 2.24. The first-order chi connectivity index (χ1) is 7.79. The lowest BCUT2D eigenvalue weighted by Gasteiger charge is -2.26. The van der Waals surface area contributed by atoms with E-state index in [0.29, 0.717) is 31.9 Å². The summed E-state index contributed by atoms with van der Waals surface area (Å²) in [5.74, 6) is -0.878. The van der Waals surface area contributed by atoms with Crippen LogP contribution in [0.4, 0.5) is 0 Å². The number of Topliss-reactive ketones (excluding diaryl/α,β-unsaturated/α-hetero) is 1. The van der Waals surface area contributed by atoms with E-state index in [9.17, 15) is 9.59 Å². The molecule has 0 spiro atoms. The summed E-state index contributed by atoms with van der Waals surface area (Å²) in [7, 11) is 0. The highest BCUT2D eigenvalue weighted by atomic mass is 16.5. The zero-order valence-corrected chi connectivity index (χ0v) is 9.39. The molecular weight excluding hydrogens is 222 g/mol. The molecule has 0 aromatic heterocycles. The van der Waals surface area contributed by atoms with Crippen LogP contribution in [-0.4, -0.2) is 48.4 Å². The van der Waals surface area contributed by atoms with Crippen molar-refractivity contribution < 1.29 is 19.8 Å². The summed E-state index contributed by atoms with van der Waals surface area (Å²) in [5.41, 5.74) is 0.444. The van der Waals surface area contributed by atoms with Crippen LogP contribution >= 0.6 is 0 Å². The Hall–Kier alpha value is -1.72. The van der Waals surface area contributed by atoms with E-state index in [1.165, 1.54) is 0 Å². The quantitative estimate of drug-likeness (QED) is 0.532. The van der Waals surface area contributed by atoms with Gasteiger partial charge in [-0.2, -0.15) is 0 Å². The fourth-order valence-electron chi connectivity index (χ4n) is 1.62. The fraction of sp³-hybridized carbons (Fsp3) is 0.333. The minimum Gasteiger partial charge on any atom is -0.412 e. The highest BCUT2D eigenvalue weighted by molar-refractivity contribution is 6.42. The first-order valence-corrected chi connectivity index (χ1v) is 5.25. The van der Waals surface area contributed by atoms with Crippen molar-refractivity contribution >= 4 is 11.7 Å². The molecule has 1 saturated heterocycles. The van der Waals surface area contributed by atoms with E-state index in [0.717, 1.165) is 0 Å². The van der Waals surface area contributed by atoms with Crippen LogP contribution in [0.2, 0.25) is 0 Å². The maximum atomic E-state index is 11.8. The van der Waals surface area contributed by atoms with Gasteiger partial charge in [0, 0.05) is 18.7 Å². The molecule has 1 aliphatic rings. The predicted octanol–water partition coefficient (Wildman–Crippen LogP) is -0.0966. The van der Waals surface area contributed by atoms with E-state index in [2.05, 4.69) is 0 Å². The lowest BCUT2D eigenvalue weighted by molar-refractivity contribution is -0.130. The number of ether oxygens (including phenoxy) is 1. The average Bonchev–Trinajstić information content (AvgIpc) is 2.39. The Kier molecular flexibility index (Phi) is 4.81. The Balaban J connectivity index is 0.00000144. The summed E-state index contributed by atoms with van der Waals surface area (Å²) in [6.07, 6.45) is 0. The maximum absolute atomic E-state index is 11.8. The molecule has 1 aliphatic heterocycles. The van der Waals surface area contributed by atoms with Gasteiger partial charge in [-0.05, 0) is 0 Å². The van der Waals surface area contributed by atoms with Gasteiger partial charge < -0.3 is 15.1 Å². The summed E-state index contributed by atoms with van der Waals surface area (Å²) in [6.45, 7) is 2.01. The van der Waals surface area contributed by atoms with Gasteiger partial charge >= 0.3 is 0 Å². The molecule has 2 rings (SSSR count). The number of rotatable bonds is 2. The smallest absolute Gasteiger partial charge is 0.295 e. The summed E-state index contributed by atoms with van der Waals surface area (Å²) < 4.78 is 5.13. The third-order valence-corrected chi connectivity index (χ3v) is 2.53. The van der Waals surface area contributed by atoms with E-state index in [1.807, 2.05) is 6.07 Å². The zero-order valence-electron chi connectivity index (χ0n) is 9.39. The molecule has 1 heterocycles. The Morgan fingerprint density at radius 3 is 2.24 bits per heavy atom. The number of ketones is 1. The van der Waals surface area contributed by atoms with Crippen LogP contribution in [0.5, 0.6) is 0 Å². The molecule has 0 saturated carbocycles. The van der Waals surface area contributed by atoms with Gasteiger partial charge in [-0.3, -0.25) is 9.59 Å². The number of amides is 1. The number of morpholine rings is 1. The van der Waals surface area contributed by atoms with Gasteiger partial charge in [-0.1, -0.05) is 30.3 Å². The van der Waals surface area contributed by atoms with Crippen LogP contribution in [-0.2, 0) is 9.53 Å². The van der Waals surface area contributed by atoms with Crippen LogP contribution in [0, 0.1) is 0 Å². The summed E-state index contributed by atoms with van der Waals surface area (Å²) >= 11 is 0. The first kappa shape index (κ1) is 13.3. The van der Waals surface area contributed by atoms with E-state index < -0.39 is 11.7 Å². The predicted molar refractivity (Wildman–Crippen MR) is 61.8 cm³/mol. The minimum absolute atomic E-state index is 0. The second-order valence-electron chi connectivity index (χ2n) is 3.60. The van der Waals surface area contributed by atoms with Crippen molar-refractivity contribution in [1.82, 2.24) is 4.90 Å². The van der Waals surface area contributed by atoms with E-state index in [1.54, 1.807) is 29.2 Å². The molecule has 0 atom stereocenters. The Morgan fingerprint density at radius 1 is 1.06 bits per heavy atom. The molecular formula is C12H15NO4. The molecule has 5 heteroatoms. The van der Waals surface area contributed by atoms with Crippen molar-refractivity contribution in [2.75, 3.05) is 26.3 Å². The van der Waals surface area contributed by atoms with Crippen molar-refractivity contribution in [2.24, 2.45) is 0 Å². The van der Waals surface area contributed by atoms with Gasteiger partial charge in [0.15, 0.2) is 0 Å². The molecule has 92 valence electrons. The summed E-state index contributed by atoms with van der Waals surface area (Å²) in [6, 6.07) is 8.62. The van der Waals surface area contributed by atoms with Crippen molar-refractivity contribution in [3.63, 3.8) is 0 Å². The number of nitrogens with zero attached hydrogens (tertiary/aromatic N) is 1. The second-order valence-corrected chi connectivity index (χ2v) is 3.60. The van der Waals surface area contributed by atoms with Crippen molar-refractivity contribution in [3.05, 3.63) is 35.9 Å². The molecule has 0 radical (unpaired) electrons. The molecule has 1 fully saturated rings. The summed E-state index contributed by atoms with van der Waals surface area (Å²) in [5, 5.41) is 0. The maximum Gasteiger partial charge on any atom is 0.295 e. The molecule has 17 heavy (non-hydrogen) atoms. The zero-order chi connectivity index (χ0) is 11.4. The lowest BCUT2D eigenvalue weighted by Crippen LogP contribution is -2.44. The van der Waals surface area contributed by atoms with Gasteiger partial charge in [0.2, 0.25) is 5.78 Å². The third kappa shape index (κ3) is 3.12.